The highest BCUT2D eigenvalue weighted by Gasteiger charge is 2.09. The molecule has 11 heavy (non-hydrogen) atoms. The van der Waals surface area contributed by atoms with E-state index in [1.165, 1.54) is 5.56 Å². The van der Waals surface area contributed by atoms with Crippen LogP contribution in [0.2, 0.25) is 0 Å². The van der Waals surface area contributed by atoms with Gasteiger partial charge in [-0.15, -0.1) is 0 Å². The van der Waals surface area contributed by atoms with Gasteiger partial charge in [-0.1, -0.05) is 0 Å². The maximum absolute atomic E-state index is 4.28. The van der Waals surface area contributed by atoms with E-state index in [0.29, 0.717) is 0 Å². The smallest absolute Gasteiger partial charge is 0.0591 e. The van der Waals surface area contributed by atoms with Crippen LogP contribution in [0.25, 0.3) is 0 Å². The fourth-order valence-electron chi connectivity index (χ4n) is 1.25. The lowest BCUT2D eigenvalue weighted by Gasteiger charge is -2.13. The molecule has 1 aliphatic heterocycles. The number of aromatic nitrogens is 1. The fraction of sp³-hybridized carbons (Fsp3) is 0.375. The van der Waals surface area contributed by atoms with Gasteiger partial charge in [0, 0.05) is 17.2 Å². The van der Waals surface area contributed by atoms with Gasteiger partial charge in [-0.3, -0.25) is 4.98 Å². The second kappa shape index (κ2) is 2.91. The minimum Gasteiger partial charge on any atom is -0.258 e. The molecule has 1 radical (unpaired) electrons. The number of hydrogen-bond acceptors (Lipinski definition) is 1. The molecule has 2 heterocycles. The van der Waals surface area contributed by atoms with E-state index in [9.17, 15) is 0 Å². The Morgan fingerprint density at radius 2 is 2.36 bits per heavy atom. The minimum atomic E-state index is 0.794. The second-order valence-corrected chi connectivity index (χ2v) is 3.53. The van der Waals surface area contributed by atoms with Crippen LogP contribution >= 0.6 is 15.9 Å². The highest BCUT2D eigenvalue weighted by atomic mass is 79.9. The Balaban J connectivity index is 2.43. The van der Waals surface area contributed by atoms with Gasteiger partial charge in [-0.2, -0.15) is 0 Å². The molecule has 3 heteroatoms. The van der Waals surface area contributed by atoms with Crippen molar-refractivity contribution in [2.75, 3.05) is 6.54 Å². The normalized spacial score (nSPS) is 16.1. The summed E-state index contributed by atoms with van der Waals surface area (Å²) in [6, 6.07) is 2.14. The van der Waals surface area contributed by atoms with E-state index < -0.39 is 0 Å². The molecule has 0 unspecified atom stereocenters. The molecular formula is C8H8BrN2. The van der Waals surface area contributed by atoms with Crippen LogP contribution in [0.3, 0.4) is 0 Å². The van der Waals surface area contributed by atoms with Crippen molar-refractivity contribution in [3.63, 3.8) is 0 Å². The van der Waals surface area contributed by atoms with E-state index in [4.69, 9.17) is 0 Å². The molecule has 0 amide bonds. The first kappa shape index (κ1) is 7.25. The number of rotatable bonds is 0. The van der Waals surface area contributed by atoms with Crippen LogP contribution in [0.15, 0.2) is 16.7 Å². The van der Waals surface area contributed by atoms with Gasteiger partial charge in [0.1, 0.15) is 0 Å². The lowest BCUT2D eigenvalue weighted by Crippen LogP contribution is -2.18. The zero-order valence-corrected chi connectivity index (χ0v) is 7.63. The number of pyridine rings is 1. The number of halogens is 1. The van der Waals surface area contributed by atoms with Gasteiger partial charge in [-0.25, -0.2) is 5.32 Å². The highest BCUT2D eigenvalue weighted by molar-refractivity contribution is 9.10. The third-order valence-electron chi connectivity index (χ3n) is 1.83. The lowest BCUT2D eigenvalue weighted by atomic mass is 10.1. The molecule has 1 aromatic rings. The van der Waals surface area contributed by atoms with Gasteiger partial charge in [0.05, 0.1) is 12.2 Å². The van der Waals surface area contributed by atoms with Gasteiger partial charge in [0.25, 0.3) is 0 Å². The summed E-state index contributed by atoms with van der Waals surface area (Å²) < 4.78 is 1.07. The van der Waals surface area contributed by atoms with Crippen molar-refractivity contribution < 1.29 is 0 Å². The standard InChI is InChI=1S/C8H8BrN2/c9-7-3-6-1-2-10-5-8(6)11-4-7/h3-4H,1-2,5H2. The van der Waals surface area contributed by atoms with E-state index >= 15 is 0 Å². The molecule has 2 nitrogen and oxygen atoms in total. The van der Waals surface area contributed by atoms with Gasteiger partial charge < -0.3 is 0 Å². The summed E-state index contributed by atoms with van der Waals surface area (Å²) in [6.45, 7) is 1.74. The van der Waals surface area contributed by atoms with E-state index in [1.54, 1.807) is 0 Å². The van der Waals surface area contributed by atoms with Gasteiger partial charge in [0.15, 0.2) is 0 Å². The zero-order chi connectivity index (χ0) is 7.68. The van der Waals surface area contributed by atoms with E-state index in [-0.39, 0.29) is 0 Å². The molecule has 1 aromatic heterocycles. The number of hydrogen-bond donors (Lipinski definition) is 0. The molecule has 0 N–H and O–H groups in total. The summed E-state index contributed by atoms with van der Waals surface area (Å²) in [4.78, 5) is 4.28. The lowest BCUT2D eigenvalue weighted by molar-refractivity contribution is 0.614. The molecule has 0 fully saturated rings. The van der Waals surface area contributed by atoms with Crippen LogP contribution in [-0.2, 0) is 13.0 Å². The number of fused-ring (bicyclic) bond motifs is 1. The Morgan fingerprint density at radius 3 is 3.27 bits per heavy atom. The van der Waals surface area contributed by atoms with Crippen molar-refractivity contribution in [2.45, 2.75) is 13.0 Å². The first-order valence-electron chi connectivity index (χ1n) is 3.63. The maximum Gasteiger partial charge on any atom is 0.0591 e. The van der Waals surface area contributed by atoms with E-state index in [1.807, 2.05) is 6.20 Å². The predicted molar refractivity (Wildman–Crippen MR) is 46.3 cm³/mol. The van der Waals surface area contributed by atoms with Crippen LogP contribution < -0.4 is 5.32 Å². The van der Waals surface area contributed by atoms with Crippen LogP contribution in [0.4, 0.5) is 0 Å². The Hall–Kier alpha value is -0.410. The van der Waals surface area contributed by atoms with Crippen LogP contribution in [0.1, 0.15) is 11.3 Å². The quantitative estimate of drug-likeness (QED) is 0.640. The molecule has 0 spiro atoms. The van der Waals surface area contributed by atoms with Crippen molar-refractivity contribution in [3.8, 4) is 0 Å². The summed E-state index contributed by atoms with van der Waals surface area (Å²) >= 11 is 3.40. The Kier molecular flexibility index (Phi) is 1.92. The first-order valence-corrected chi connectivity index (χ1v) is 4.42. The molecule has 0 bridgehead atoms. The van der Waals surface area contributed by atoms with Crippen LogP contribution in [-0.4, -0.2) is 11.5 Å². The minimum absolute atomic E-state index is 0.794. The summed E-state index contributed by atoms with van der Waals surface area (Å²) in [7, 11) is 0. The predicted octanol–water partition coefficient (Wildman–Crippen LogP) is 1.50. The summed E-state index contributed by atoms with van der Waals surface area (Å²) in [5.74, 6) is 0. The summed E-state index contributed by atoms with van der Waals surface area (Å²) in [6.07, 6.45) is 2.88. The van der Waals surface area contributed by atoms with E-state index in [2.05, 4.69) is 32.3 Å². The van der Waals surface area contributed by atoms with Crippen LogP contribution in [0.5, 0.6) is 0 Å². The average Bonchev–Trinajstić information content (AvgIpc) is 2.04. The average molecular weight is 212 g/mol. The molecule has 2 rings (SSSR count). The third kappa shape index (κ3) is 1.44. The maximum atomic E-state index is 4.28. The number of nitrogens with zero attached hydrogens (tertiary/aromatic N) is 2. The van der Waals surface area contributed by atoms with E-state index in [0.717, 1.165) is 29.7 Å². The Bertz CT molecular complexity index is 273. The monoisotopic (exact) mass is 211 g/mol. The van der Waals surface area contributed by atoms with Gasteiger partial charge >= 0.3 is 0 Å². The van der Waals surface area contributed by atoms with Crippen LogP contribution in [0, 0.1) is 0 Å². The van der Waals surface area contributed by atoms with Crippen molar-refractivity contribution in [1.82, 2.24) is 10.3 Å². The Morgan fingerprint density at radius 1 is 1.45 bits per heavy atom. The molecule has 0 aromatic carbocycles. The van der Waals surface area contributed by atoms with Gasteiger partial charge in [-0.05, 0) is 34.0 Å². The van der Waals surface area contributed by atoms with Crippen molar-refractivity contribution in [1.29, 1.82) is 0 Å². The SMILES string of the molecule is Brc1cnc2c(c1)CC[N]C2. The van der Waals surface area contributed by atoms with Crippen molar-refractivity contribution in [2.24, 2.45) is 0 Å². The molecule has 1 aliphatic rings. The van der Waals surface area contributed by atoms with Crippen molar-refractivity contribution >= 4 is 15.9 Å². The molecule has 57 valence electrons. The topological polar surface area (TPSA) is 27.0 Å². The summed E-state index contributed by atoms with van der Waals surface area (Å²) in [5.41, 5.74) is 2.48. The molecule has 0 aliphatic carbocycles. The molecule has 0 saturated heterocycles. The largest absolute Gasteiger partial charge is 0.258 e. The molecule has 0 atom stereocenters. The highest BCUT2D eigenvalue weighted by Crippen LogP contribution is 2.16. The molecule has 0 saturated carbocycles. The zero-order valence-electron chi connectivity index (χ0n) is 6.05. The van der Waals surface area contributed by atoms with Crippen molar-refractivity contribution in [3.05, 3.63) is 28.0 Å². The first-order chi connectivity index (χ1) is 5.36. The molecular weight excluding hydrogens is 204 g/mol. The van der Waals surface area contributed by atoms with Gasteiger partial charge in [0.2, 0.25) is 0 Å². The Labute approximate surface area is 74.2 Å². The fourth-order valence-corrected chi connectivity index (χ4v) is 1.63. The third-order valence-corrected chi connectivity index (χ3v) is 2.26. The second-order valence-electron chi connectivity index (χ2n) is 2.61. The summed E-state index contributed by atoms with van der Waals surface area (Å²) in [5, 5.41) is 4.27.